The Labute approximate surface area is 157 Å². The molecule has 5 heterocycles. The van der Waals surface area contributed by atoms with Crippen molar-refractivity contribution in [2.75, 3.05) is 5.43 Å². The van der Waals surface area contributed by atoms with Gasteiger partial charge in [0.1, 0.15) is 5.52 Å². The SMILES string of the molecule is Cc1nnc2c3cnccc3cnn12.NNc1nnc(Cl)c2ncccc12. The first-order valence-electron chi connectivity index (χ1n) is 7.83. The molecule has 0 aliphatic rings. The van der Waals surface area contributed by atoms with Gasteiger partial charge in [0.25, 0.3) is 0 Å². The van der Waals surface area contributed by atoms with E-state index in [1.54, 1.807) is 35.4 Å². The van der Waals surface area contributed by atoms with Crippen LogP contribution >= 0.6 is 11.6 Å². The Morgan fingerprint density at radius 3 is 2.78 bits per heavy atom. The molecule has 11 heteroatoms. The Morgan fingerprint density at radius 2 is 1.93 bits per heavy atom. The van der Waals surface area contributed by atoms with Crippen molar-refractivity contribution < 1.29 is 0 Å². The quantitative estimate of drug-likeness (QED) is 0.330. The summed E-state index contributed by atoms with van der Waals surface area (Å²) < 4.78 is 1.71. The summed E-state index contributed by atoms with van der Waals surface area (Å²) in [6, 6.07) is 5.51. The summed E-state index contributed by atoms with van der Waals surface area (Å²) in [4.78, 5) is 8.12. The number of hydrazine groups is 1. The fourth-order valence-corrected chi connectivity index (χ4v) is 2.74. The average Bonchev–Trinajstić information content (AvgIpc) is 3.10. The van der Waals surface area contributed by atoms with Gasteiger partial charge in [-0.2, -0.15) is 9.61 Å². The number of aryl methyl sites for hydroxylation is 1. The van der Waals surface area contributed by atoms with Crippen LogP contribution in [0, 0.1) is 6.92 Å². The Kier molecular flexibility index (Phi) is 4.40. The number of hydrogen-bond donors (Lipinski definition) is 2. The molecule has 0 saturated carbocycles. The third-order valence-electron chi connectivity index (χ3n) is 3.84. The van der Waals surface area contributed by atoms with Crippen LogP contribution in [0.15, 0.2) is 43.0 Å². The molecule has 0 aliphatic carbocycles. The van der Waals surface area contributed by atoms with Gasteiger partial charge in [0, 0.05) is 34.7 Å². The van der Waals surface area contributed by atoms with Crippen LogP contribution in [0.5, 0.6) is 0 Å². The normalized spacial score (nSPS) is 10.8. The molecule has 0 bridgehead atoms. The second kappa shape index (κ2) is 7.02. The van der Waals surface area contributed by atoms with E-state index in [0.29, 0.717) is 11.3 Å². The first-order chi connectivity index (χ1) is 13.2. The van der Waals surface area contributed by atoms with Gasteiger partial charge in [0.05, 0.1) is 6.20 Å². The number of nitrogens with zero attached hydrogens (tertiary/aromatic N) is 8. The number of nitrogens with one attached hydrogen (secondary N) is 1. The Hall–Kier alpha value is -3.50. The minimum absolute atomic E-state index is 0.273. The average molecular weight is 381 g/mol. The number of halogens is 1. The minimum atomic E-state index is 0.273. The number of aromatic nitrogens is 8. The molecule has 0 spiro atoms. The largest absolute Gasteiger partial charge is 0.306 e. The van der Waals surface area contributed by atoms with Crippen LogP contribution in [-0.4, -0.2) is 40.0 Å². The fourth-order valence-electron chi connectivity index (χ4n) is 2.55. The highest BCUT2D eigenvalue weighted by Gasteiger charge is 2.07. The second-order valence-electron chi connectivity index (χ2n) is 5.47. The molecular formula is C16H13ClN10. The molecule has 0 unspecified atom stereocenters. The summed E-state index contributed by atoms with van der Waals surface area (Å²) in [6.45, 7) is 1.87. The van der Waals surface area contributed by atoms with E-state index in [0.717, 1.165) is 27.6 Å². The fraction of sp³-hybridized carbons (Fsp3) is 0.0625. The molecular weight excluding hydrogens is 368 g/mol. The predicted octanol–water partition coefficient (Wildman–Crippen LogP) is 1.94. The lowest BCUT2D eigenvalue weighted by Gasteiger charge is -2.02. The highest BCUT2D eigenvalue weighted by Crippen LogP contribution is 2.22. The van der Waals surface area contributed by atoms with E-state index in [2.05, 4.69) is 40.9 Å². The lowest BCUT2D eigenvalue weighted by atomic mass is 10.2. The van der Waals surface area contributed by atoms with E-state index in [-0.39, 0.29) is 5.15 Å². The van der Waals surface area contributed by atoms with Crippen molar-refractivity contribution in [1.29, 1.82) is 0 Å². The van der Waals surface area contributed by atoms with Gasteiger partial charge in [-0.15, -0.1) is 20.4 Å². The molecule has 0 saturated heterocycles. The first kappa shape index (κ1) is 16.9. The maximum Gasteiger partial charge on any atom is 0.187 e. The maximum absolute atomic E-state index is 5.78. The third-order valence-corrected chi connectivity index (χ3v) is 4.09. The number of anilines is 1. The first-order valence-corrected chi connectivity index (χ1v) is 8.21. The number of fused-ring (bicyclic) bond motifs is 4. The van der Waals surface area contributed by atoms with Crippen LogP contribution in [-0.2, 0) is 0 Å². The lowest BCUT2D eigenvalue weighted by Crippen LogP contribution is -2.10. The van der Waals surface area contributed by atoms with Crippen LogP contribution in [0.2, 0.25) is 5.15 Å². The summed E-state index contributed by atoms with van der Waals surface area (Å²) in [7, 11) is 0. The zero-order valence-corrected chi connectivity index (χ0v) is 14.8. The molecule has 0 radical (unpaired) electrons. The van der Waals surface area contributed by atoms with Crippen molar-refractivity contribution >= 4 is 44.7 Å². The van der Waals surface area contributed by atoms with Gasteiger partial charge in [-0.1, -0.05) is 11.6 Å². The molecule has 0 amide bonds. The Bertz CT molecular complexity index is 1250. The van der Waals surface area contributed by atoms with Crippen molar-refractivity contribution in [3.05, 3.63) is 54.0 Å². The van der Waals surface area contributed by atoms with Crippen molar-refractivity contribution in [2.24, 2.45) is 5.84 Å². The molecule has 5 aromatic rings. The van der Waals surface area contributed by atoms with E-state index >= 15 is 0 Å². The Balaban J connectivity index is 0.000000134. The van der Waals surface area contributed by atoms with Crippen molar-refractivity contribution in [2.45, 2.75) is 6.92 Å². The number of hydrogen-bond acceptors (Lipinski definition) is 9. The lowest BCUT2D eigenvalue weighted by molar-refractivity contribution is 0.881. The summed E-state index contributed by atoms with van der Waals surface area (Å²) in [5, 5.41) is 22.7. The summed E-state index contributed by atoms with van der Waals surface area (Å²) in [5.41, 5.74) is 3.77. The molecule has 27 heavy (non-hydrogen) atoms. The molecule has 0 atom stereocenters. The van der Waals surface area contributed by atoms with Crippen LogP contribution in [0.25, 0.3) is 27.3 Å². The van der Waals surface area contributed by atoms with Gasteiger partial charge in [0.15, 0.2) is 22.4 Å². The third kappa shape index (κ3) is 3.07. The number of pyridine rings is 2. The zero-order valence-electron chi connectivity index (χ0n) is 14.1. The highest BCUT2D eigenvalue weighted by atomic mass is 35.5. The predicted molar refractivity (Wildman–Crippen MR) is 101 cm³/mol. The number of nitrogen functional groups attached to an aromatic ring is 1. The van der Waals surface area contributed by atoms with E-state index in [9.17, 15) is 0 Å². The summed E-state index contributed by atoms with van der Waals surface area (Å²) in [6.07, 6.45) is 6.95. The molecule has 5 aromatic heterocycles. The standard InChI is InChI=1S/C9H7N5.C7H6ClN5/c1-6-12-13-9-8-5-10-3-2-7(8)4-11-14(6)9;8-6-5-4(2-1-3-10-5)7(11-9)13-12-6/h2-5H,1H3;1-3H,9H2,(H,11,13). The van der Waals surface area contributed by atoms with Crippen molar-refractivity contribution in [1.82, 2.24) is 40.0 Å². The molecule has 0 aliphatic heterocycles. The monoisotopic (exact) mass is 380 g/mol. The molecule has 3 N–H and O–H groups in total. The van der Waals surface area contributed by atoms with E-state index in [1.165, 1.54) is 0 Å². The van der Waals surface area contributed by atoms with Gasteiger partial charge >= 0.3 is 0 Å². The highest BCUT2D eigenvalue weighted by molar-refractivity contribution is 6.33. The van der Waals surface area contributed by atoms with E-state index in [1.807, 2.05) is 19.1 Å². The molecule has 0 fully saturated rings. The zero-order chi connectivity index (χ0) is 18.8. The van der Waals surface area contributed by atoms with Gasteiger partial charge in [-0.05, 0) is 25.1 Å². The van der Waals surface area contributed by atoms with Crippen LogP contribution < -0.4 is 11.3 Å². The molecule has 0 aromatic carbocycles. The number of rotatable bonds is 1. The molecule has 5 rings (SSSR count). The van der Waals surface area contributed by atoms with Gasteiger partial charge in [-0.25, -0.2) is 5.84 Å². The van der Waals surface area contributed by atoms with Gasteiger partial charge in [0.2, 0.25) is 0 Å². The van der Waals surface area contributed by atoms with Crippen LogP contribution in [0.4, 0.5) is 5.82 Å². The van der Waals surface area contributed by atoms with Gasteiger partial charge < -0.3 is 5.43 Å². The second-order valence-corrected chi connectivity index (χ2v) is 5.83. The Morgan fingerprint density at radius 1 is 1.04 bits per heavy atom. The van der Waals surface area contributed by atoms with Crippen molar-refractivity contribution in [3.8, 4) is 0 Å². The summed E-state index contributed by atoms with van der Waals surface area (Å²) >= 11 is 5.78. The van der Waals surface area contributed by atoms with E-state index < -0.39 is 0 Å². The number of nitrogens with two attached hydrogens (primary N) is 1. The maximum atomic E-state index is 5.78. The van der Waals surface area contributed by atoms with E-state index in [4.69, 9.17) is 17.4 Å². The summed E-state index contributed by atoms with van der Waals surface area (Å²) in [5.74, 6) is 6.49. The molecule has 134 valence electrons. The smallest absolute Gasteiger partial charge is 0.187 e. The van der Waals surface area contributed by atoms with Gasteiger partial charge in [-0.3, -0.25) is 9.97 Å². The minimum Gasteiger partial charge on any atom is -0.306 e. The van der Waals surface area contributed by atoms with Crippen molar-refractivity contribution in [3.63, 3.8) is 0 Å². The van der Waals surface area contributed by atoms with Crippen LogP contribution in [0.3, 0.4) is 0 Å². The molecule has 10 nitrogen and oxygen atoms in total. The van der Waals surface area contributed by atoms with Crippen LogP contribution in [0.1, 0.15) is 5.82 Å². The topological polar surface area (TPSA) is 133 Å².